The molecule has 1 aliphatic rings. The van der Waals surface area contributed by atoms with Crippen LogP contribution in [0.5, 0.6) is 5.75 Å². The van der Waals surface area contributed by atoms with Crippen LogP contribution in [-0.2, 0) is 14.4 Å². The number of halogens is 2. The zero-order valence-electron chi connectivity index (χ0n) is 16.2. The number of hydrogen-bond acceptors (Lipinski definition) is 6. The molecule has 1 aliphatic heterocycles. The second-order valence-electron chi connectivity index (χ2n) is 7.48. The van der Waals surface area contributed by atoms with Crippen LogP contribution in [0.3, 0.4) is 0 Å². The minimum absolute atomic E-state index is 0.225. The quantitative estimate of drug-likeness (QED) is 0.219. The Labute approximate surface area is 182 Å². The van der Waals surface area contributed by atoms with E-state index in [-0.39, 0.29) is 16.0 Å². The van der Waals surface area contributed by atoms with Crippen molar-refractivity contribution in [2.45, 2.75) is 39.3 Å². The van der Waals surface area contributed by atoms with Gasteiger partial charge in [-0.2, -0.15) is 0 Å². The third-order valence-electron chi connectivity index (χ3n) is 4.04. The van der Waals surface area contributed by atoms with Gasteiger partial charge in [0.1, 0.15) is 11.3 Å². The molecule has 1 fully saturated rings. The van der Waals surface area contributed by atoms with Crippen molar-refractivity contribution in [1.29, 1.82) is 0 Å². The summed E-state index contributed by atoms with van der Waals surface area (Å²) in [5.41, 5.74) is -2.46. The van der Waals surface area contributed by atoms with Gasteiger partial charge < -0.3 is 14.9 Å². The van der Waals surface area contributed by atoms with Crippen LogP contribution in [0.1, 0.15) is 27.7 Å². The largest absolute Gasteiger partial charge is 0.476 e. The molecule has 0 aliphatic carbocycles. The summed E-state index contributed by atoms with van der Waals surface area (Å²) in [6.07, 6.45) is -1.05. The lowest BCUT2D eigenvalue weighted by molar-refractivity contribution is -0.158. The second-order valence-corrected chi connectivity index (χ2v) is 9.31. The highest BCUT2D eigenvalue weighted by molar-refractivity contribution is 8.16. The predicted molar refractivity (Wildman–Crippen MR) is 110 cm³/mol. The Hall–Kier alpha value is -1.74. The lowest BCUT2D eigenvalue weighted by Gasteiger charge is -2.44. The lowest BCUT2D eigenvalue weighted by atomic mass is 9.92. The van der Waals surface area contributed by atoms with Gasteiger partial charge in [-0.1, -0.05) is 44.0 Å². The Morgan fingerprint density at radius 2 is 1.79 bits per heavy atom. The van der Waals surface area contributed by atoms with E-state index in [2.05, 4.69) is 0 Å². The SMILES string of the molecule is C[C@@H](O)[C@H]1C(=O)N(C(C(=O)O)=C(Oc2ccc(Cl)cc2)SC(=O)C(C)(C)C)[C@H]1Cl. The smallest absolute Gasteiger partial charge is 0.357 e. The van der Waals surface area contributed by atoms with E-state index < -0.39 is 40.5 Å². The molecule has 0 spiro atoms. The van der Waals surface area contributed by atoms with E-state index in [0.29, 0.717) is 16.8 Å². The summed E-state index contributed by atoms with van der Waals surface area (Å²) in [5.74, 6) is -2.89. The molecule has 7 nitrogen and oxygen atoms in total. The fraction of sp³-hybridized carbons (Fsp3) is 0.421. The molecule has 0 bridgehead atoms. The molecule has 0 saturated carbocycles. The predicted octanol–water partition coefficient (Wildman–Crippen LogP) is 3.68. The molecule has 1 aromatic rings. The number of carbonyl (C=O) groups excluding carboxylic acids is 2. The van der Waals surface area contributed by atoms with E-state index in [9.17, 15) is 24.6 Å². The molecule has 1 aromatic carbocycles. The number of carboxylic acid groups (broad SMARTS) is 1. The Morgan fingerprint density at radius 1 is 1.24 bits per heavy atom. The molecule has 29 heavy (non-hydrogen) atoms. The summed E-state index contributed by atoms with van der Waals surface area (Å²) >= 11 is 12.6. The highest BCUT2D eigenvalue weighted by Gasteiger charge is 2.53. The number of benzene rings is 1. The van der Waals surface area contributed by atoms with Gasteiger partial charge in [-0.15, -0.1) is 0 Å². The van der Waals surface area contributed by atoms with Crippen molar-refractivity contribution in [3.8, 4) is 5.75 Å². The fourth-order valence-electron chi connectivity index (χ4n) is 2.40. The summed E-state index contributed by atoms with van der Waals surface area (Å²) in [5, 5.41) is 19.3. The highest BCUT2D eigenvalue weighted by atomic mass is 35.5. The van der Waals surface area contributed by atoms with E-state index in [4.69, 9.17) is 27.9 Å². The van der Waals surface area contributed by atoms with Gasteiger partial charge in [0, 0.05) is 10.4 Å². The first-order valence-electron chi connectivity index (χ1n) is 8.63. The number of aliphatic hydroxyl groups excluding tert-OH is 1. The molecular formula is C19H21Cl2NO6S. The van der Waals surface area contributed by atoms with Gasteiger partial charge in [-0.3, -0.25) is 14.5 Å². The highest BCUT2D eigenvalue weighted by Crippen LogP contribution is 2.40. The molecule has 158 valence electrons. The van der Waals surface area contributed by atoms with Crippen molar-refractivity contribution in [3.63, 3.8) is 0 Å². The standard InChI is InChI=1S/C19H21Cl2NO6S/c1-9(23)12-14(21)22(15(12)24)13(16(25)26)17(29-18(27)19(2,3)4)28-11-7-5-10(20)6-8-11/h5-9,12,14,23H,1-4H3,(H,25,26)/t9-,12-,14-/m1/s1. The van der Waals surface area contributed by atoms with Gasteiger partial charge in [-0.25, -0.2) is 4.79 Å². The third kappa shape index (κ3) is 5.25. The fourth-order valence-corrected chi connectivity index (χ4v) is 3.93. The van der Waals surface area contributed by atoms with Crippen molar-refractivity contribution in [2.75, 3.05) is 0 Å². The summed E-state index contributed by atoms with van der Waals surface area (Å²) in [6.45, 7) is 6.41. The van der Waals surface area contributed by atoms with Crippen molar-refractivity contribution in [2.24, 2.45) is 11.3 Å². The number of β-lactam (4-membered cyclic amide) rings is 1. The van der Waals surface area contributed by atoms with Crippen molar-refractivity contribution in [3.05, 3.63) is 40.1 Å². The second kappa shape index (κ2) is 8.95. The topological polar surface area (TPSA) is 104 Å². The van der Waals surface area contributed by atoms with Crippen LogP contribution >= 0.6 is 35.0 Å². The molecular weight excluding hydrogens is 441 g/mol. The molecule has 10 heteroatoms. The summed E-state index contributed by atoms with van der Waals surface area (Å²) in [4.78, 5) is 37.9. The Morgan fingerprint density at radius 3 is 2.21 bits per heavy atom. The van der Waals surface area contributed by atoms with E-state index in [1.807, 2.05) is 0 Å². The van der Waals surface area contributed by atoms with Gasteiger partial charge in [-0.05, 0) is 43.0 Å². The van der Waals surface area contributed by atoms with E-state index >= 15 is 0 Å². The number of aliphatic carboxylic acids is 1. The van der Waals surface area contributed by atoms with E-state index in [1.54, 1.807) is 20.8 Å². The summed E-state index contributed by atoms with van der Waals surface area (Å²) in [7, 11) is 0. The molecule has 0 aromatic heterocycles. The Balaban J connectivity index is 2.52. The zero-order valence-corrected chi connectivity index (χ0v) is 18.5. The third-order valence-corrected chi connectivity index (χ3v) is 6.02. The number of alkyl halides is 1. The van der Waals surface area contributed by atoms with Gasteiger partial charge in [0.15, 0.2) is 10.8 Å². The normalized spacial score (nSPS) is 21.2. The molecule has 0 radical (unpaired) electrons. The molecule has 2 rings (SSSR count). The summed E-state index contributed by atoms with van der Waals surface area (Å²) < 4.78 is 5.68. The van der Waals surface area contributed by atoms with E-state index in [0.717, 1.165) is 4.90 Å². The Bertz CT molecular complexity index is 847. The lowest BCUT2D eigenvalue weighted by Crippen LogP contribution is -2.62. The number of carboxylic acids is 1. The number of thioether (sulfide) groups is 1. The number of amides is 1. The first-order valence-corrected chi connectivity index (χ1v) is 10.3. The van der Waals surface area contributed by atoms with Gasteiger partial charge >= 0.3 is 5.97 Å². The Kier molecular flexibility index (Phi) is 7.27. The van der Waals surface area contributed by atoms with Crippen molar-refractivity contribution < 1.29 is 29.3 Å². The number of likely N-dealkylation sites (tertiary alicyclic amines) is 1. The van der Waals surface area contributed by atoms with Crippen LogP contribution in [0.25, 0.3) is 0 Å². The maximum Gasteiger partial charge on any atom is 0.357 e. The van der Waals surface area contributed by atoms with Crippen molar-refractivity contribution >= 4 is 52.0 Å². The first-order chi connectivity index (χ1) is 13.3. The average Bonchev–Trinajstić information content (AvgIpc) is 2.59. The van der Waals surface area contributed by atoms with Crippen LogP contribution in [0.2, 0.25) is 5.02 Å². The van der Waals surface area contributed by atoms with Gasteiger partial charge in [0.05, 0.1) is 12.0 Å². The number of rotatable bonds is 6. The number of carbonyl (C=O) groups is 3. The maximum atomic E-state index is 12.6. The molecule has 1 heterocycles. The average molecular weight is 462 g/mol. The number of ether oxygens (including phenoxy) is 1. The minimum atomic E-state index is -1.49. The zero-order chi connectivity index (χ0) is 22.1. The monoisotopic (exact) mass is 461 g/mol. The van der Waals surface area contributed by atoms with Gasteiger partial charge in [0.2, 0.25) is 11.0 Å². The van der Waals surface area contributed by atoms with Crippen molar-refractivity contribution in [1.82, 2.24) is 4.90 Å². The van der Waals surface area contributed by atoms with Crippen LogP contribution in [0.15, 0.2) is 35.1 Å². The van der Waals surface area contributed by atoms with Crippen LogP contribution in [-0.4, -0.2) is 43.7 Å². The van der Waals surface area contributed by atoms with Crippen LogP contribution < -0.4 is 4.74 Å². The number of hydrogen-bond donors (Lipinski definition) is 2. The van der Waals surface area contributed by atoms with Crippen LogP contribution in [0.4, 0.5) is 0 Å². The van der Waals surface area contributed by atoms with E-state index in [1.165, 1.54) is 31.2 Å². The molecule has 0 unspecified atom stereocenters. The number of aliphatic hydroxyl groups is 1. The van der Waals surface area contributed by atoms with Gasteiger partial charge in [0.25, 0.3) is 0 Å². The molecule has 1 saturated heterocycles. The summed E-state index contributed by atoms with van der Waals surface area (Å²) in [6, 6.07) is 6.07. The van der Waals surface area contributed by atoms with Crippen LogP contribution in [0, 0.1) is 11.3 Å². The molecule has 3 atom stereocenters. The first kappa shape index (κ1) is 23.5. The molecule has 1 amide bonds. The maximum absolute atomic E-state index is 12.6. The minimum Gasteiger partial charge on any atom is -0.476 e. The molecule has 2 N–H and O–H groups in total. The number of nitrogens with zero attached hydrogens (tertiary/aromatic N) is 1.